The Labute approximate surface area is 335 Å². The van der Waals surface area contributed by atoms with Gasteiger partial charge in [-0.3, -0.25) is 9.59 Å². The van der Waals surface area contributed by atoms with E-state index >= 15 is 0 Å². The summed E-state index contributed by atoms with van der Waals surface area (Å²) >= 11 is 0. The lowest BCUT2D eigenvalue weighted by molar-refractivity contribution is -0.114. The molecule has 0 amide bonds. The molecule has 10 heteroatoms. The Morgan fingerprint density at radius 1 is 1.02 bits per heavy atom. The highest BCUT2D eigenvalue weighted by Crippen LogP contribution is 2.44. The Morgan fingerprint density at radius 3 is 2.56 bits per heavy atom. The second-order valence-electron chi connectivity index (χ2n) is 15.8. The largest absolute Gasteiger partial charge is 0.508 e. The molecular formula is C47H55N3O7. The number of allylic oxidation sites excluding steroid dienone is 2. The first kappa shape index (κ1) is 41.5. The van der Waals surface area contributed by atoms with E-state index in [2.05, 4.69) is 16.8 Å². The normalized spacial score (nSPS) is 19.9. The van der Waals surface area contributed by atoms with Crippen molar-refractivity contribution >= 4 is 11.6 Å². The van der Waals surface area contributed by atoms with Crippen molar-refractivity contribution < 1.29 is 34.8 Å². The number of unbranched alkanes of at least 4 members (excludes halogenated alkanes) is 1. The third-order valence-corrected chi connectivity index (χ3v) is 11.4. The van der Waals surface area contributed by atoms with Crippen LogP contribution in [0, 0.1) is 17.3 Å². The van der Waals surface area contributed by atoms with Gasteiger partial charge in [0, 0.05) is 53.8 Å². The van der Waals surface area contributed by atoms with Crippen LogP contribution in [0.25, 0.3) is 0 Å². The Morgan fingerprint density at radius 2 is 1.81 bits per heavy atom. The number of carbonyl (C=O) groups excluding carboxylic acids is 2. The molecule has 9 N–H and O–H groups in total. The van der Waals surface area contributed by atoms with Crippen molar-refractivity contribution in [3.8, 4) is 29.1 Å². The number of benzene rings is 3. The molecule has 0 saturated heterocycles. The molecule has 4 aromatic rings. The molecule has 2 aliphatic carbocycles. The van der Waals surface area contributed by atoms with Gasteiger partial charge in [-0.2, -0.15) is 0 Å². The fraction of sp³-hybridized carbons (Fsp3) is 0.404. The Kier molecular flexibility index (Phi) is 13.7. The summed E-state index contributed by atoms with van der Waals surface area (Å²) < 4.78 is 6.06. The van der Waals surface area contributed by atoms with Crippen molar-refractivity contribution in [1.82, 2.24) is 4.98 Å². The summed E-state index contributed by atoms with van der Waals surface area (Å²) in [6.07, 6.45) is 11.4. The molecule has 0 aliphatic heterocycles. The van der Waals surface area contributed by atoms with Gasteiger partial charge in [0.1, 0.15) is 5.75 Å². The highest BCUT2D eigenvalue weighted by atomic mass is 16.5. The first-order valence-electron chi connectivity index (χ1n) is 20.1. The first-order valence-corrected chi connectivity index (χ1v) is 20.1. The average molecular weight is 774 g/mol. The highest BCUT2D eigenvalue weighted by Gasteiger charge is 2.36. The van der Waals surface area contributed by atoms with Crippen LogP contribution >= 0.6 is 0 Å². The molecule has 4 unspecified atom stereocenters. The molecule has 0 spiro atoms. The van der Waals surface area contributed by atoms with E-state index in [1.54, 1.807) is 49.5 Å². The zero-order valence-electron chi connectivity index (χ0n) is 32.7. The van der Waals surface area contributed by atoms with Crippen LogP contribution in [0.5, 0.6) is 17.2 Å². The summed E-state index contributed by atoms with van der Waals surface area (Å²) in [5.74, 6) is 6.23. The molecule has 0 bridgehead atoms. The maximum Gasteiger partial charge on any atom is 0.165 e. The molecule has 1 saturated carbocycles. The summed E-state index contributed by atoms with van der Waals surface area (Å²) in [5.41, 5.74) is 17.6. The minimum atomic E-state index is -0.696. The molecule has 10 nitrogen and oxygen atoms in total. The van der Waals surface area contributed by atoms with Crippen molar-refractivity contribution in [2.45, 2.75) is 108 Å². The molecule has 57 heavy (non-hydrogen) atoms. The number of aromatic hydroxyl groups is 2. The van der Waals surface area contributed by atoms with Crippen LogP contribution in [-0.2, 0) is 24.1 Å². The van der Waals surface area contributed by atoms with Gasteiger partial charge in [0.15, 0.2) is 23.1 Å². The SMILES string of the molecule is CC(O)CCCCC1(C=CC(=O)CCc2ccc(O)c(OCCc3ccc(O)c(C4CC(=O)c5cc[nH]c5CC#Cc5cc(C(N)N)ccc54)c3)c2)CCC(O)C1. The number of fused-ring (bicyclic) bond motifs is 2. The quantitative estimate of drug-likeness (QED) is 0.0278. The van der Waals surface area contributed by atoms with Crippen LogP contribution in [0.1, 0.15) is 126 Å². The van der Waals surface area contributed by atoms with Crippen molar-refractivity contribution in [3.05, 3.63) is 124 Å². The van der Waals surface area contributed by atoms with Crippen LogP contribution in [0.3, 0.4) is 0 Å². The second-order valence-corrected chi connectivity index (χ2v) is 15.8. The molecule has 2 aliphatic rings. The van der Waals surface area contributed by atoms with Gasteiger partial charge in [-0.25, -0.2) is 0 Å². The molecule has 1 heterocycles. The zero-order valence-corrected chi connectivity index (χ0v) is 32.7. The third kappa shape index (κ3) is 10.8. The van der Waals surface area contributed by atoms with E-state index < -0.39 is 12.1 Å². The van der Waals surface area contributed by atoms with E-state index in [4.69, 9.17) is 16.2 Å². The molecule has 1 aromatic heterocycles. The molecule has 6 rings (SSSR count). The number of hydrogen-bond donors (Lipinski definition) is 7. The Balaban J connectivity index is 1.11. The summed E-state index contributed by atoms with van der Waals surface area (Å²) in [6, 6.07) is 17.8. The molecule has 4 atom stereocenters. The van der Waals surface area contributed by atoms with Crippen molar-refractivity contribution in [3.63, 3.8) is 0 Å². The van der Waals surface area contributed by atoms with E-state index in [-0.39, 0.29) is 53.7 Å². The lowest BCUT2D eigenvalue weighted by atomic mass is 9.80. The van der Waals surface area contributed by atoms with E-state index in [0.29, 0.717) is 60.1 Å². The maximum atomic E-state index is 13.7. The first-order chi connectivity index (χ1) is 27.4. The predicted molar refractivity (Wildman–Crippen MR) is 220 cm³/mol. The van der Waals surface area contributed by atoms with Crippen LogP contribution in [0.4, 0.5) is 0 Å². The second kappa shape index (κ2) is 18.8. The molecule has 3 aromatic carbocycles. The van der Waals surface area contributed by atoms with Crippen molar-refractivity contribution in [2.75, 3.05) is 6.61 Å². The summed E-state index contributed by atoms with van der Waals surface area (Å²) in [5, 5.41) is 41.7. The topological polar surface area (TPSA) is 192 Å². The van der Waals surface area contributed by atoms with Crippen LogP contribution in [0.15, 0.2) is 79.0 Å². The summed E-state index contributed by atoms with van der Waals surface area (Å²) in [7, 11) is 0. The number of nitrogens with one attached hydrogen (secondary N) is 1. The molecule has 0 radical (unpaired) electrons. The number of aliphatic hydroxyl groups excluding tert-OH is 2. The number of H-pyrrole nitrogens is 1. The zero-order chi connectivity index (χ0) is 40.5. The Bertz CT molecular complexity index is 2140. The highest BCUT2D eigenvalue weighted by molar-refractivity contribution is 5.98. The standard InChI is InChI=1S/C47H55N3O7/c1-30(51)5-2-3-20-47(22-17-36(53)29-47)21-16-35(52)12-8-31-10-15-43(55)45(26-31)57-24-19-32-9-14-42(54)40(25-32)39-28-44(56)38-18-23-50-41(38)7-4-6-33-27-34(46(48)49)11-13-37(33)39/h9-11,13-16,18,21,23,25-27,30,36,39,46,50-51,53-55H,2-3,5,7-8,12,17,19-20,22,24,28-29,48-49H2,1H3. The monoisotopic (exact) mass is 773 g/mol. The lowest BCUT2D eigenvalue weighted by Crippen LogP contribution is -2.20. The number of aliphatic hydroxyl groups is 2. The number of ether oxygens (including phenoxy) is 1. The molecular weight excluding hydrogens is 719 g/mol. The maximum absolute atomic E-state index is 13.7. The molecule has 1 fully saturated rings. The van der Waals surface area contributed by atoms with Crippen LogP contribution in [0.2, 0.25) is 0 Å². The summed E-state index contributed by atoms with van der Waals surface area (Å²) in [4.78, 5) is 29.8. The number of aromatic nitrogens is 1. The van der Waals surface area contributed by atoms with Gasteiger partial charge in [0.2, 0.25) is 0 Å². The smallest absolute Gasteiger partial charge is 0.165 e. The molecule has 300 valence electrons. The van der Waals surface area contributed by atoms with Gasteiger partial charge < -0.3 is 41.6 Å². The number of aromatic amines is 1. The van der Waals surface area contributed by atoms with Crippen molar-refractivity contribution in [1.29, 1.82) is 0 Å². The fourth-order valence-electron chi connectivity index (χ4n) is 8.19. The van der Waals surface area contributed by atoms with Crippen LogP contribution in [-0.4, -0.2) is 55.8 Å². The number of ketones is 2. The number of phenols is 2. The predicted octanol–water partition coefficient (Wildman–Crippen LogP) is 6.81. The minimum Gasteiger partial charge on any atom is -0.508 e. The van der Waals surface area contributed by atoms with Gasteiger partial charge >= 0.3 is 0 Å². The van der Waals surface area contributed by atoms with Crippen molar-refractivity contribution in [2.24, 2.45) is 16.9 Å². The summed E-state index contributed by atoms with van der Waals surface area (Å²) in [6.45, 7) is 2.02. The number of nitrogens with two attached hydrogens (primary N) is 2. The average Bonchev–Trinajstić information content (AvgIpc) is 3.82. The van der Waals surface area contributed by atoms with E-state index in [1.807, 2.05) is 36.4 Å². The minimum absolute atomic E-state index is 0.00203. The Hall–Kier alpha value is -5.18. The van der Waals surface area contributed by atoms with E-state index in [9.17, 15) is 30.0 Å². The number of rotatable bonds is 16. The van der Waals surface area contributed by atoms with Gasteiger partial charge in [0.25, 0.3) is 0 Å². The van der Waals surface area contributed by atoms with Gasteiger partial charge in [-0.1, -0.05) is 61.1 Å². The number of Topliss-reactive ketones (excluding diaryl/α,β-unsaturated/α-hetero) is 1. The number of phenolic OH excluding ortho intramolecular Hbond substituents is 2. The number of hydrogen-bond acceptors (Lipinski definition) is 9. The van der Waals surface area contributed by atoms with E-state index in [1.165, 1.54) is 0 Å². The van der Waals surface area contributed by atoms with Gasteiger partial charge in [0.05, 0.1) is 31.4 Å². The third-order valence-electron chi connectivity index (χ3n) is 11.4. The van der Waals surface area contributed by atoms with Gasteiger partial charge in [-0.15, -0.1) is 0 Å². The van der Waals surface area contributed by atoms with Crippen LogP contribution < -0.4 is 16.2 Å². The number of carbonyl (C=O) groups is 2. The van der Waals surface area contributed by atoms with E-state index in [0.717, 1.165) is 60.9 Å². The lowest BCUT2D eigenvalue weighted by Gasteiger charge is -2.25. The van der Waals surface area contributed by atoms with Gasteiger partial charge in [-0.05, 0) is 110 Å². The fourth-order valence-corrected chi connectivity index (χ4v) is 8.19. The number of aryl methyl sites for hydroxylation is 1.